The fraction of sp³-hybridized carbons (Fsp3) is 0.278. The van der Waals surface area contributed by atoms with Crippen LogP contribution in [0.3, 0.4) is 0 Å². The van der Waals surface area contributed by atoms with E-state index in [1.807, 2.05) is 44.3 Å². The molecule has 0 radical (unpaired) electrons. The second-order valence-electron chi connectivity index (χ2n) is 5.39. The van der Waals surface area contributed by atoms with E-state index in [-0.39, 0.29) is 5.91 Å². The van der Waals surface area contributed by atoms with E-state index >= 15 is 0 Å². The molecule has 0 aliphatic carbocycles. The summed E-state index contributed by atoms with van der Waals surface area (Å²) < 4.78 is 0. The van der Waals surface area contributed by atoms with Gasteiger partial charge in [0.1, 0.15) is 0 Å². The third kappa shape index (κ3) is 3.08. The Morgan fingerprint density at radius 2 is 1.65 bits per heavy atom. The molecule has 1 amide bonds. The van der Waals surface area contributed by atoms with Crippen LogP contribution in [0.1, 0.15) is 32.6 Å². The number of hydrogen-bond donors (Lipinski definition) is 0. The van der Waals surface area contributed by atoms with E-state index in [1.165, 1.54) is 16.7 Å². The summed E-state index contributed by atoms with van der Waals surface area (Å²) in [4.78, 5) is 14.2. The van der Waals surface area contributed by atoms with Crippen LogP contribution < -0.4 is 0 Å². The van der Waals surface area contributed by atoms with E-state index in [4.69, 9.17) is 0 Å². The van der Waals surface area contributed by atoms with Gasteiger partial charge in [-0.05, 0) is 55.2 Å². The Morgan fingerprint density at radius 3 is 2.30 bits per heavy atom. The van der Waals surface area contributed by atoms with E-state index in [2.05, 4.69) is 26.0 Å². The predicted molar refractivity (Wildman–Crippen MR) is 82.9 cm³/mol. The molecule has 0 aliphatic heterocycles. The van der Waals surface area contributed by atoms with Crippen molar-refractivity contribution >= 4 is 5.91 Å². The molecule has 0 saturated heterocycles. The van der Waals surface area contributed by atoms with Crippen LogP contribution >= 0.6 is 0 Å². The maximum atomic E-state index is 12.4. The minimum atomic E-state index is 0.0661. The van der Waals surface area contributed by atoms with Gasteiger partial charge in [0.05, 0.1) is 0 Å². The minimum Gasteiger partial charge on any atom is -0.337 e. The van der Waals surface area contributed by atoms with Gasteiger partial charge in [-0.15, -0.1) is 0 Å². The molecule has 20 heavy (non-hydrogen) atoms. The molecule has 0 N–H and O–H groups in total. The minimum absolute atomic E-state index is 0.0661. The number of rotatable bonds is 3. The van der Waals surface area contributed by atoms with Gasteiger partial charge >= 0.3 is 0 Å². The van der Waals surface area contributed by atoms with E-state index in [0.29, 0.717) is 6.54 Å². The van der Waals surface area contributed by atoms with Gasteiger partial charge < -0.3 is 4.90 Å². The maximum absolute atomic E-state index is 12.4. The first kappa shape index (κ1) is 14.3. The predicted octanol–water partition coefficient (Wildman–Crippen LogP) is 3.88. The van der Waals surface area contributed by atoms with E-state index in [0.717, 1.165) is 11.1 Å². The van der Waals surface area contributed by atoms with Gasteiger partial charge in [0, 0.05) is 19.2 Å². The SMILES string of the molecule is Cc1ccc(C(=O)N(C)Cc2ccccc2C)cc1C. The molecule has 0 unspecified atom stereocenters. The highest BCUT2D eigenvalue weighted by molar-refractivity contribution is 5.94. The van der Waals surface area contributed by atoms with Gasteiger partial charge in [-0.3, -0.25) is 4.79 Å². The lowest BCUT2D eigenvalue weighted by Gasteiger charge is -2.19. The Morgan fingerprint density at radius 1 is 0.950 bits per heavy atom. The number of aryl methyl sites for hydroxylation is 3. The Labute approximate surface area is 121 Å². The van der Waals surface area contributed by atoms with Crippen molar-refractivity contribution in [2.45, 2.75) is 27.3 Å². The summed E-state index contributed by atoms with van der Waals surface area (Å²) in [6.07, 6.45) is 0. The van der Waals surface area contributed by atoms with Crippen molar-refractivity contribution in [3.05, 3.63) is 70.3 Å². The zero-order chi connectivity index (χ0) is 14.7. The average molecular weight is 267 g/mol. The smallest absolute Gasteiger partial charge is 0.253 e. The van der Waals surface area contributed by atoms with Crippen LogP contribution in [0.2, 0.25) is 0 Å². The van der Waals surface area contributed by atoms with Crippen LogP contribution in [-0.2, 0) is 6.54 Å². The zero-order valence-corrected chi connectivity index (χ0v) is 12.6. The molecular weight excluding hydrogens is 246 g/mol. The third-order valence-electron chi connectivity index (χ3n) is 3.77. The van der Waals surface area contributed by atoms with Crippen LogP contribution in [0.25, 0.3) is 0 Å². The fourth-order valence-electron chi connectivity index (χ4n) is 2.21. The Kier molecular flexibility index (Phi) is 4.23. The Bertz CT molecular complexity index is 631. The van der Waals surface area contributed by atoms with Crippen molar-refractivity contribution in [3.63, 3.8) is 0 Å². The average Bonchev–Trinajstić information content (AvgIpc) is 2.43. The second-order valence-corrected chi connectivity index (χ2v) is 5.39. The molecule has 2 aromatic rings. The molecule has 2 rings (SSSR count). The first-order valence-electron chi connectivity index (χ1n) is 6.86. The number of hydrogen-bond acceptors (Lipinski definition) is 1. The highest BCUT2D eigenvalue weighted by atomic mass is 16.2. The molecule has 0 aliphatic rings. The van der Waals surface area contributed by atoms with Crippen molar-refractivity contribution in [3.8, 4) is 0 Å². The monoisotopic (exact) mass is 267 g/mol. The number of benzene rings is 2. The molecular formula is C18H21NO. The summed E-state index contributed by atoms with van der Waals surface area (Å²) in [5.74, 6) is 0.0661. The topological polar surface area (TPSA) is 20.3 Å². The number of carbonyl (C=O) groups is 1. The zero-order valence-electron chi connectivity index (χ0n) is 12.6. The molecule has 2 aromatic carbocycles. The van der Waals surface area contributed by atoms with Crippen molar-refractivity contribution < 1.29 is 4.79 Å². The van der Waals surface area contributed by atoms with Crippen molar-refractivity contribution in [2.75, 3.05) is 7.05 Å². The largest absolute Gasteiger partial charge is 0.337 e. The lowest BCUT2D eigenvalue weighted by atomic mass is 10.0. The van der Waals surface area contributed by atoms with Crippen LogP contribution in [-0.4, -0.2) is 17.9 Å². The lowest BCUT2D eigenvalue weighted by molar-refractivity contribution is 0.0785. The van der Waals surface area contributed by atoms with Crippen LogP contribution in [0.4, 0.5) is 0 Å². The Hall–Kier alpha value is -2.09. The molecule has 0 heterocycles. The fourth-order valence-corrected chi connectivity index (χ4v) is 2.21. The maximum Gasteiger partial charge on any atom is 0.253 e. The standard InChI is InChI=1S/C18H21NO/c1-13-9-10-16(11-15(13)3)18(20)19(4)12-17-8-6-5-7-14(17)2/h5-11H,12H2,1-4H3. The van der Waals surface area contributed by atoms with E-state index in [9.17, 15) is 4.79 Å². The quantitative estimate of drug-likeness (QED) is 0.826. The second kappa shape index (κ2) is 5.91. The summed E-state index contributed by atoms with van der Waals surface area (Å²) in [7, 11) is 1.85. The Balaban J connectivity index is 2.16. The van der Waals surface area contributed by atoms with Crippen molar-refractivity contribution in [1.29, 1.82) is 0 Å². The van der Waals surface area contributed by atoms with Crippen molar-refractivity contribution in [2.24, 2.45) is 0 Å². The van der Waals surface area contributed by atoms with Gasteiger partial charge in [-0.1, -0.05) is 30.3 Å². The van der Waals surface area contributed by atoms with Gasteiger partial charge in [-0.2, -0.15) is 0 Å². The number of amides is 1. The van der Waals surface area contributed by atoms with E-state index < -0.39 is 0 Å². The van der Waals surface area contributed by atoms with Crippen LogP contribution in [0, 0.1) is 20.8 Å². The van der Waals surface area contributed by atoms with Gasteiger partial charge in [0.15, 0.2) is 0 Å². The summed E-state index contributed by atoms with van der Waals surface area (Å²) >= 11 is 0. The highest BCUT2D eigenvalue weighted by Crippen LogP contribution is 2.14. The summed E-state index contributed by atoms with van der Waals surface area (Å²) in [6.45, 7) is 6.80. The molecule has 2 nitrogen and oxygen atoms in total. The molecule has 0 atom stereocenters. The lowest BCUT2D eigenvalue weighted by Crippen LogP contribution is -2.26. The molecule has 0 saturated carbocycles. The highest BCUT2D eigenvalue weighted by Gasteiger charge is 2.13. The number of carbonyl (C=O) groups excluding carboxylic acids is 1. The number of nitrogens with zero attached hydrogens (tertiary/aromatic N) is 1. The third-order valence-corrected chi connectivity index (χ3v) is 3.77. The summed E-state index contributed by atoms with van der Waals surface area (Å²) in [6, 6.07) is 14.0. The molecule has 0 aromatic heterocycles. The normalized spacial score (nSPS) is 10.4. The van der Waals surface area contributed by atoms with Crippen LogP contribution in [0.5, 0.6) is 0 Å². The molecule has 0 fully saturated rings. The van der Waals surface area contributed by atoms with Gasteiger partial charge in [0.25, 0.3) is 5.91 Å². The van der Waals surface area contributed by atoms with Crippen molar-refractivity contribution in [1.82, 2.24) is 4.90 Å². The van der Waals surface area contributed by atoms with Crippen LogP contribution in [0.15, 0.2) is 42.5 Å². The molecule has 0 bridgehead atoms. The molecule has 0 spiro atoms. The van der Waals surface area contributed by atoms with Gasteiger partial charge in [-0.25, -0.2) is 0 Å². The first-order chi connectivity index (χ1) is 9.49. The molecule has 2 heteroatoms. The van der Waals surface area contributed by atoms with E-state index in [1.54, 1.807) is 4.90 Å². The molecule has 104 valence electrons. The van der Waals surface area contributed by atoms with Gasteiger partial charge in [0.2, 0.25) is 0 Å². The summed E-state index contributed by atoms with van der Waals surface area (Å²) in [5, 5.41) is 0. The summed E-state index contributed by atoms with van der Waals surface area (Å²) in [5.41, 5.74) is 5.52. The first-order valence-corrected chi connectivity index (χ1v) is 6.86.